The van der Waals surface area contributed by atoms with Gasteiger partial charge in [-0.2, -0.15) is 0 Å². The number of furan rings is 1. The summed E-state index contributed by atoms with van der Waals surface area (Å²) in [6.45, 7) is 1.89. The Balaban J connectivity index is 2.38. The average Bonchev–Trinajstić information content (AvgIpc) is 2.73. The topological polar surface area (TPSA) is 51.2 Å². The minimum absolute atomic E-state index is 0.555. The lowest BCUT2D eigenvalue weighted by atomic mass is 10.2. The summed E-state index contributed by atoms with van der Waals surface area (Å²) in [4.78, 5) is 4.07. The molecule has 0 fully saturated rings. The van der Waals surface area contributed by atoms with E-state index in [2.05, 4.69) is 4.98 Å². The largest absolute Gasteiger partial charge is 0.466 e. The van der Waals surface area contributed by atoms with Crippen molar-refractivity contribution in [3.63, 3.8) is 0 Å². The highest BCUT2D eigenvalue weighted by Gasteiger charge is 2.19. The quantitative estimate of drug-likeness (QED) is 0.782. The van der Waals surface area contributed by atoms with Crippen molar-refractivity contribution in [1.29, 1.82) is 0 Å². The minimum atomic E-state index is -0.787. The van der Waals surface area contributed by atoms with Crippen LogP contribution in [0.2, 0.25) is 0 Å². The van der Waals surface area contributed by atoms with Gasteiger partial charge in [-0.3, -0.25) is 0 Å². The fourth-order valence-electron chi connectivity index (χ4n) is 1.42. The van der Waals surface area contributed by atoms with Crippen molar-refractivity contribution in [2.45, 2.75) is 13.0 Å². The van der Waals surface area contributed by atoms with E-state index in [1.54, 1.807) is 23.2 Å². The van der Waals surface area contributed by atoms with Gasteiger partial charge in [0.2, 0.25) is 0 Å². The highest BCUT2D eigenvalue weighted by Crippen LogP contribution is 2.23. The maximum absolute atomic E-state index is 9.95. The lowest BCUT2D eigenvalue weighted by molar-refractivity contribution is 0.176. The zero-order valence-electron chi connectivity index (χ0n) is 8.14. The third kappa shape index (κ3) is 1.33. The van der Waals surface area contributed by atoms with Crippen molar-refractivity contribution in [2.24, 2.45) is 7.05 Å². The molecule has 74 valence electrons. The summed E-state index contributed by atoms with van der Waals surface area (Å²) in [6.07, 6.45) is 4.22. The van der Waals surface area contributed by atoms with Gasteiger partial charge < -0.3 is 14.1 Å². The second-order valence-corrected chi connectivity index (χ2v) is 3.27. The predicted octanol–water partition coefficient (Wildman–Crippen LogP) is 1.40. The molecule has 1 unspecified atom stereocenters. The number of nitrogens with zero attached hydrogens (tertiary/aromatic N) is 2. The first kappa shape index (κ1) is 9.02. The number of hydrogen-bond donors (Lipinski definition) is 1. The maximum atomic E-state index is 9.95. The number of aryl methyl sites for hydroxylation is 2. The van der Waals surface area contributed by atoms with Gasteiger partial charge >= 0.3 is 0 Å². The first-order valence-electron chi connectivity index (χ1n) is 4.39. The molecule has 0 spiro atoms. The third-order valence-corrected chi connectivity index (χ3v) is 2.25. The molecule has 0 aliphatic rings. The fraction of sp³-hybridized carbons (Fsp3) is 0.300. The van der Waals surface area contributed by atoms with Crippen molar-refractivity contribution in [3.05, 3.63) is 41.9 Å². The van der Waals surface area contributed by atoms with Crippen LogP contribution in [0, 0.1) is 6.92 Å². The first-order valence-corrected chi connectivity index (χ1v) is 4.39. The van der Waals surface area contributed by atoms with Crippen LogP contribution < -0.4 is 0 Å². The van der Waals surface area contributed by atoms with Crippen molar-refractivity contribution < 1.29 is 9.52 Å². The van der Waals surface area contributed by atoms with Crippen LogP contribution in [0.15, 0.2) is 29.1 Å². The summed E-state index contributed by atoms with van der Waals surface area (Å²) < 4.78 is 6.97. The molecule has 0 saturated heterocycles. The lowest BCUT2D eigenvalue weighted by Gasteiger charge is -2.08. The van der Waals surface area contributed by atoms with Crippen LogP contribution in [0.1, 0.15) is 23.3 Å². The number of imidazole rings is 1. The molecule has 2 aromatic rings. The molecule has 0 radical (unpaired) electrons. The van der Waals surface area contributed by atoms with Gasteiger partial charge in [-0.05, 0) is 18.6 Å². The van der Waals surface area contributed by atoms with Gasteiger partial charge in [0.25, 0.3) is 0 Å². The normalized spacial score (nSPS) is 13.1. The Kier molecular flexibility index (Phi) is 2.13. The molecule has 0 saturated carbocycles. The van der Waals surface area contributed by atoms with Gasteiger partial charge in [0.05, 0.1) is 6.26 Å². The summed E-state index contributed by atoms with van der Waals surface area (Å²) in [6, 6.07) is 1.82. The van der Waals surface area contributed by atoms with Gasteiger partial charge in [0.1, 0.15) is 11.6 Å². The molecule has 2 aromatic heterocycles. The highest BCUT2D eigenvalue weighted by molar-refractivity contribution is 5.21. The molecule has 14 heavy (non-hydrogen) atoms. The van der Waals surface area contributed by atoms with Crippen molar-refractivity contribution in [3.8, 4) is 0 Å². The maximum Gasteiger partial charge on any atom is 0.169 e. The summed E-state index contributed by atoms with van der Waals surface area (Å²) in [5.74, 6) is 1.14. The Hall–Kier alpha value is -1.55. The number of hydrogen-bond acceptors (Lipinski definition) is 3. The summed E-state index contributed by atoms with van der Waals surface area (Å²) in [5.41, 5.74) is 0.931. The molecule has 0 amide bonds. The Labute approximate surface area is 81.8 Å². The van der Waals surface area contributed by atoms with Crippen LogP contribution in [0.5, 0.6) is 0 Å². The summed E-state index contributed by atoms with van der Waals surface area (Å²) in [5, 5.41) is 9.95. The Morgan fingerprint density at radius 2 is 2.36 bits per heavy atom. The van der Waals surface area contributed by atoms with Gasteiger partial charge in [0.15, 0.2) is 6.10 Å². The van der Waals surface area contributed by atoms with Gasteiger partial charge in [0, 0.05) is 19.4 Å². The average molecular weight is 192 g/mol. The molecule has 4 nitrogen and oxygen atoms in total. The van der Waals surface area contributed by atoms with E-state index >= 15 is 0 Å². The SMILES string of the molecule is Cc1ccoc1C(O)c1nccn1C. The smallest absolute Gasteiger partial charge is 0.169 e. The van der Waals surface area contributed by atoms with Gasteiger partial charge in [-0.15, -0.1) is 0 Å². The molecule has 1 N–H and O–H groups in total. The number of aliphatic hydroxyl groups excluding tert-OH is 1. The molecule has 0 aliphatic carbocycles. The molecule has 2 rings (SSSR count). The van der Waals surface area contributed by atoms with E-state index in [0.29, 0.717) is 11.6 Å². The first-order chi connectivity index (χ1) is 6.70. The van der Waals surface area contributed by atoms with Crippen molar-refractivity contribution in [2.75, 3.05) is 0 Å². The van der Waals surface area contributed by atoms with E-state index in [9.17, 15) is 5.11 Å². The minimum Gasteiger partial charge on any atom is -0.466 e. The van der Waals surface area contributed by atoms with Crippen LogP contribution in [0.3, 0.4) is 0 Å². The molecular weight excluding hydrogens is 180 g/mol. The molecule has 4 heteroatoms. The second kappa shape index (κ2) is 3.31. The molecule has 0 aromatic carbocycles. The van der Waals surface area contributed by atoms with Crippen LogP contribution in [-0.4, -0.2) is 14.7 Å². The highest BCUT2D eigenvalue weighted by atomic mass is 16.4. The van der Waals surface area contributed by atoms with E-state index in [4.69, 9.17) is 4.42 Å². The number of rotatable bonds is 2. The second-order valence-electron chi connectivity index (χ2n) is 3.27. The van der Waals surface area contributed by atoms with Crippen LogP contribution in [-0.2, 0) is 7.05 Å². The molecule has 2 heterocycles. The Bertz CT molecular complexity index is 391. The number of aliphatic hydroxyl groups is 1. The molecular formula is C10H12N2O2. The van der Waals surface area contributed by atoms with Crippen molar-refractivity contribution >= 4 is 0 Å². The van der Waals surface area contributed by atoms with Crippen LogP contribution in [0.25, 0.3) is 0 Å². The lowest BCUT2D eigenvalue weighted by Crippen LogP contribution is -2.06. The van der Waals surface area contributed by atoms with E-state index in [-0.39, 0.29) is 0 Å². The standard InChI is InChI=1S/C10H12N2O2/c1-7-3-6-14-9(7)8(13)10-11-4-5-12(10)2/h3-6,8,13H,1-2H3. The van der Waals surface area contributed by atoms with Gasteiger partial charge in [-0.1, -0.05) is 0 Å². The summed E-state index contributed by atoms with van der Waals surface area (Å²) >= 11 is 0. The predicted molar refractivity (Wildman–Crippen MR) is 50.7 cm³/mol. The number of aromatic nitrogens is 2. The monoisotopic (exact) mass is 192 g/mol. The third-order valence-electron chi connectivity index (χ3n) is 2.25. The zero-order chi connectivity index (χ0) is 10.1. The van der Waals surface area contributed by atoms with E-state index < -0.39 is 6.10 Å². The summed E-state index contributed by atoms with van der Waals surface area (Å²) in [7, 11) is 1.84. The zero-order valence-corrected chi connectivity index (χ0v) is 8.14. The van der Waals surface area contributed by atoms with Crippen LogP contribution >= 0.6 is 0 Å². The van der Waals surface area contributed by atoms with E-state index in [1.165, 1.54) is 0 Å². The Morgan fingerprint density at radius 3 is 2.86 bits per heavy atom. The molecule has 0 bridgehead atoms. The fourth-order valence-corrected chi connectivity index (χ4v) is 1.42. The Morgan fingerprint density at radius 1 is 1.57 bits per heavy atom. The molecule has 0 aliphatic heterocycles. The van der Waals surface area contributed by atoms with Gasteiger partial charge in [-0.25, -0.2) is 4.98 Å². The molecule has 1 atom stereocenters. The van der Waals surface area contributed by atoms with E-state index in [0.717, 1.165) is 5.56 Å². The van der Waals surface area contributed by atoms with Crippen molar-refractivity contribution in [1.82, 2.24) is 9.55 Å². The van der Waals surface area contributed by atoms with E-state index in [1.807, 2.05) is 20.0 Å². The van der Waals surface area contributed by atoms with Crippen LogP contribution in [0.4, 0.5) is 0 Å².